The fourth-order valence-corrected chi connectivity index (χ4v) is 3.01. The smallest absolute Gasteiger partial charge is 0.341 e. The van der Waals surface area contributed by atoms with Gasteiger partial charge in [-0.05, 0) is 57.4 Å². The maximum absolute atomic E-state index is 12.4. The van der Waals surface area contributed by atoms with Crippen molar-refractivity contribution < 1.29 is 28.9 Å². The predicted octanol–water partition coefficient (Wildman–Crippen LogP) is 3.15. The highest BCUT2D eigenvalue weighted by Crippen LogP contribution is 2.37. The zero-order valence-electron chi connectivity index (χ0n) is 16.3. The Labute approximate surface area is 181 Å². The van der Waals surface area contributed by atoms with Crippen molar-refractivity contribution in [3.63, 3.8) is 0 Å². The Bertz CT molecular complexity index is 996. The van der Waals surface area contributed by atoms with E-state index in [4.69, 9.17) is 19.3 Å². The van der Waals surface area contributed by atoms with E-state index in [2.05, 4.69) is 21.2 Å². The van der Waals surface area contributed by atoms with Gasteiger partial charge in [0.2, 0.25) is 0 Å². The molecule has 0 aromatic heterocycles. The van der Waals surface area contributed by atoms with E-state index in [1.165, 1.54) is 19.3 Å². The highest BCUT2D eigenvalue weighted by molar-refractivity contribution is 9.10. The van der Waals surface area contributed by atoms with Crippen molar-refractivity contribution in [3.8, 4) is 23.3 Å². The first kappa shape index (κ1) is 22.8. The van der Waals surface area contributed by atoms with Gasteiger partial charge in [0, 0.05) is 6.54 Å². The average molecular weight is 475 g/mol. The Morgan fingerprint density at radius 1 is 1.20 bits per heavy atom. The van der Waals surface area contributed by atoms with Crippen LogP contribution in [0.1, 0.15) is 11.1 Å². The van der Waals surface area contributed by atoms with Crippen LogP contribution < -0.4 is 19.5 Å². The molecule has 0 aliphatic carbocycles. The van der Waals surface area contributed by atoms with E-state index in [1.54, 1.807) is 25.3 Å². The normalized spacial score (nSPS) is 10.7. The molecular weight excluding hydrogens is 456 g/mol. The van der Waals surface area contributed by atoms with Crippen molar-refractivity contribution in [2.24, 2.45) is 0 Å². The summed E-state index contributed by atoms with van der Waals surface area (Å²) in [6.07, 6.45) is 1.40. The fraction of sp³-hybridized carbons (Fsp3) is 0.190. The minimum Gasteiger partial charge on any atom is -0.497 e. The van der Waals surface area contributed by atoms with E-state index in [9.17, 15) is 14.9 Å². The van der Waals surface area contributed by atoms with E-state index in [0.29, 0.717) is 15.8 Å². The minimum absolute atomic E-state index is 0.100. The van der Waals surface area contributed by atoms with Crippen LogP contribution in [-0.2, 0) is 16.1 Å². The third kappa shape index (κ3) is 6.25. The maximum atomic E-state index is 12.4. The number of carboxylic acid groups (broad SMARTS) is 1. The van der Waals surface area contributed by atoms with Crippen LogP contribution in [0.4, 0.5) is 0 Å². The summed E-state index contributed by atoms with van der Waals surface area (Å²) in [7, 11) is 2.97. The van der Waals surface area contributed by atoms with E-state index >= 15 is 0 Å². The molecule has 0 radical (unpaired) electrons. The number of hydrogen-bond donors (Lipinski definition) is 2. The summed E-state index contributed by atoms with van der Waals surface area (Å²) < 4.78 is 16.0. The van der Waals surface area contributed by atoms with Gasteiger partial charge >= 0.3 is 5.97 Å². The largest absolute Gasteiger partial charge is 0.497 e. The summed E-state index contributed by atoms with van der Waals surface area (Å²) in [5.74, 6) is -0.492. The highest BCUT2D eigenvalue weighted by Gasteiger charge is 2.15. The van der Waals surface area contributed by atoms with Gasteiger partial charge in [0.15, 0.2) is 18.1 Å². The lowest BCUT2D eigenvalue weighted by molar-refractivity contribution is -0.139. The van der Waals surface area contributed by atoms with Crippen molar-refractivity contribution in [2.45, 2.75) is 6.54 Å². The Morgan fingerprint density at radius 3 is 2.47 bits per heavy atom. The Hall–Kier alpha value is -3.51. The number of aliphatic carboxylic acids is 1. The number of carboxylic acids is 1. The van der Waals surface area contributed by atoms with Crippen LogP contribution in [0, 0.1) is 11.3 Å². The average Bonchev–Trinajstić information content (AvgIpc) is 2.74. The van der Waals surface area contributed by atoms with Crippen molar-refractivity contribution in [3.05, 3.63) is 57.6 Å². The van der Waals surface area contributed by atoms with Gasteiger partial charge in [-0.2, -0.15) is 5.26 Å². The number of methoxy groups -OCH3 is 2. The molecule has 1 amide bonds. The van der Waals surface area contributed by atoms with Gasteiger partial charge < -0.3 is 24.6 Å². The van der Waals surface area contributed by atoms with Crippen molar-refractivity contribution in [1.82, 2.24) is 5.32 Å². The molecule has 156 valence electrons. The second-order valence-electron chi connectivity index (χ2n) is 5.92. The molecule has 8 nitrogen and oxygen atoms in total. The number of amides is 1. The fourth-order valence-electron chi connectivity index (χ4n) is 2.43. The Kier molecular flexibility index (Phi) is 8.26. The van der Waals surface area contributed by atoms with Crippen LogP contribution in [0.15, 0.2) is 46.4 Å². The lowest BCUT2D eigenvalue weighted by Gasteiger charge is -2.12. The van der Waals surface area contributed by atoms with Gasteiger partial charge in [-0.3, -0.25) is 4.79 Å². The number of carbonyl (C=O) groups excluding carboxylic acids is 1. The number of nitrogens with one attached hydrogen (secondary N) is 1. The molecule has 2 rings (SSSR count). The van der Waals surface area contributed by atoms with Crippen LogP contribution >= 0.6 is 15.9 Å². The van der Waals surface area contributed by atoms with Crippen LogP contribution in [0.5, 0.6) is 17.2 Å². The van der Waals surface area contributed by atoms with E-state index in [0.717, 1.165) is 5.56 Å². The molecule has 0 atom stereocenters. The van der Waals surface area contributed by atoms with Gasteiger partial charge in [0.05, 0.1) is 18.7 Å². The second-order valence-corrected chi connectivity index (χ2v) is 6.77. The molecule has 2 aromatic carbocycles. The topological polar surface area (TPSA) is 118 Å². The number of ether oxygens (including phenoxy) is 3. The monoisotopic (exact) mass is 474 g/mol. The van der Waals surface area contributed by atoms with Crippen LogP contribution in [0.25, 0.3) is 6.08 Å². The van der Waals surface area contributed by atoms with E-state index < -0.39 is 18.5 Å². The van der Waals surface area contributed by atoms with E-state index in [-0.39, 0.29) is 23.6 Å². The molecule has 0 heterocycles. The van der Waals surface area contributed by atoms with Gasteiger partial charge in [0.1, 0.15) is 17.4 Å². The first-order valence-corrected chi connectivity index (χ1v) is 9.42. The molecular formula is C21H19BrN2O6. The zero-order valence-corrected chi connectivity index (χ0v) is 17.9. The zero-order chi connectivity index (χ0) is 22.1. The van der Waals surface area contributed by atoms with Crippen LogP contribution in [-0.4, -0.2) is 37.8 Å². The summed E-state index contributed by atoms with van der Waals surface area (Å²) in [4.78, 5) is 23.1. The number of nitrogens with zero attached hydrogens (tertiary/aromatic N) is 1. The number of rotatable bonds is 9. The molecule has 0 aliphatic heterocycles. The summed E-state index contributed by atoms with van der Waals surface area (Å²) in [5, 5.41) is 20.9. The number of halogens is 1. The third-order valence-corrected chi connectivity index (χ3v) is 4.47. The molecule has 0 saturated heterocycles. The standard InChI is InChI=1S/C21H19BrN2O6/c1-28-16-5-3-13(4-6-16)11-24-21(27)15(10-23)7-14-8-17(22)20(18(9-14)29-2)30-12-19(25)26/h3-9H,11-12H2,1-2H3,(H,24,27)(H,25,26)/b15-7-. The number of nitriles is 1. The van der Waals surface area contributed by atoms with Crippen molar-refractivity contribution >= 4 is 33.9 Å². The number of carbonyl (C=O) groups is 2. The Morgan fingerprint density at radius 2 is 1.90 bits per heavy atom. The molecule has 0 bridgehead atoms. The van der Waals surface area contributed by atoms with E-state index in [1.807, 2.05) is 18.2 Å². The summed E-state index contributed by atoms with van der Waals surface area (Å²) >= 11 is 3.29. The quantitative estimate of drug-likeness (QED) is 0.423. The van der Waals surface area contributed by atoms with Gasteiger partial charge in [-0.15, -0.1) is 0 Å². The molecule has 0 aliphatic rings. The first-order chi connectivity index (χ1) is 14.4. The van der Waals surface area contributed by atoms with Crippen LogP contribution in [0.2, 0.25) is 0 Å². The van der Waals surface area contributed by atoms with Crippen LogP contribution in [0.3, 0.4) is 0 Å². The number of hydrogen-bond acceptors (Lipinski definition) is 6. The second kappa shape index (κ2) is 10.9. The molecule has 0 unspecified atom stereocenters. The van der Waals surface area contributed by atoms with Crippen molar-refractivity contribution in [1.29, 1.82) is 5.26 Å². The predicted molar refractivity (Wildman–Crippen MR) is 112 cm³/mol. The van der Waals surface area contributed by atoms with Gasteiger partial charge in [-0.25, -0.2) is 4.79 Å². The SMILES string of the molecule is COc1ccc(CNC(=O)/C(C#N)=C\c2cc(Br)c(OCC(=O)O)c(OC)c2)cc1. The highest BCUT2D eigenvalue weighted by atomic mass is 79.9. The maximum Gasteiger partial charge on any atom is 0.341 e. The lowest BCUT2D eigenvalue weighted by atomic mass is 10.1. The third-order valence-electron chi connectivity index (χ3n) is 3.88. The Balaban J connectivity index is 2.17. The van der Waals surface area contributed by atoms with Gasteiger partial charge in [0.25, 0.3) is 5.91 Å². The molecule has 0 saturated carbocycles. The summed E-state index contributed by atoms with van der Waals surface area (Å²) in [6.45, 7) is -0.293. The number of benzene rings is 2. The molecule has 30 heavy (non-hydrogen) atoms. The molecule has 9 heteroatoms. The minimum atomic E-state index is -1.13. The van der Waals surface area contributed by atoms with Crippen molar-refractivity contribution in [2.75, 3.05) is 20.8 Å². The molecule has 0 spiro atoms. The van der Waals surface area contributed by atoms with Gasteiger partial charge in [-0.1, -0.05) is 12.1 Å². The summed E-state index contributed by atoms with van der Waals surface area (Å²) in [6, 6.07) is 12.2. The molecule has 2 N–H and O–H groups in total. The molecule has 0 fully saturated rings. The first-order valence-electron chi connectivity index (χ1n) is 8.63. The lowest BCUT2D eigenvalue weighted by Crippen LogP contribution is -2.23. The summed E-state index contributed by atoms with van der Waals surface area (Å²) in [5.41, 5.74) is 1.25. The molecule has 2 aromatic rings.